The topological polar surface area (TPSA) is 55.1 Å². The Labute approximate surface area is 90.7 Å². The van der Waals surface area contributed by atoms with Crippen LogP contribution in [-0.2, 0) is 11.3 Å². The predicted octanol–water partition coefficient (Wildman–Crippen LogP) is 1.27. The van der Waals surface area contributed by atoms with Crippen LogP contribution in [0.25, 0.3) is 0 Å². The molecule has 0 heterocycles. The number of aryl methyl sites for hydroxylation is 2. The number of carbonyl (C=O) groups excluding carboxylic acids is 1. The Kier molecular flexibility index (Phi) is 4.31. The zero-order chi connectivity index (χ0) is 11.3. The Morgan fingerprint density at radius 3 is 2.47 bits per heavy atom. The first-order valence-electron chi connectivity index (χ1n) is 5.15. The van der Waals surface area contributed by atoms with Crippen molar-refractivity contribution in [1.82, 2.24) is 5.32 Å². The van der Waals surface area contributed by atoms with Gasteiger partial charge in [0, 0.05) is 19.5 Å². The van der Waals surface area contributed by atoms with Crippen molar-refractivity contribution in [2.45, 2.75) is 26.8 Å². The third kappa shape index (κ3) is 3.72. The van der Waals surface area contributed by atoms with Gasteiger partial charge >= 0.3 is 0 Å². The first kappa shape index (κ1) is 11.7. The van der Waals surface area contributed by atoms with Crippen molar-refractivity contribution in [3.63, 3.8) is 0 Å². The molecular formula is C12H18N2O. The van der Waals surface area contributed by atoms with Crippen LogP contribution < -0.4 is 11.1 Å². The highest BCUT2D eigenvalue weighted by atomic mass is 16.1. The van der Waals surface area contributed by atoms with Crippen LogP contribution in [0, 0.1) is 13.8 Å². The van der Waals surface area contributed by atoms with Crippen molar-refractivity contribution in [3.8, 4) is 0 Å². The summed E-state index contributed by atoms with van der Waals surface area (Å²) < 4.78 is 0. The van der Waals surface area contributed by atoms with Crippen molar-refractivity contribution in [2.24, 2.45) is 5.73 Å². The van der Waals surface area contributed by atoms with Crippen LogP contribution in [0.4, 0.5) is 0 Å². The molecule has 1 rings (SSSR count). The molecule has 15 heavy (non-hydrogen) atoms. The van der Waals surface area contributed by atoms with Gasteiger partial charge in [-0.15, -0.1) is 0 Å². The summed E-state index contributed by atoms with van der Waals surface area (Å²) in [6.07, 6.45) is 0.394. The average molecular weight is 206 g/mol. The highest BCUT2D eigenvalue weighted by molar-refractivity contribution is 5.73. The highest BCUT2D eigenvalue weighted by Gasteiger charge is 2.01. The molecule has 1 aromatic carbocycles. The lowest BCUT2D eigenvalue weighted by Crippen LogP contribution is -2.22. The Balaban J connectivity index is 2.47. The Morgan fingerprint density at radius 1 is 1.33 bits per heavy atom. The molecule has 0 aliphatic heterocycles. The largest absolute Gasteiger partial charge is 0.370 e. The Hall–Kier alpha value is -1.35. The molecule has 0 aliphatic rings. The maximum absolute atomic E-state index is 10.5. The van der Waals surface area contributed by atoms with E-state index in [0.717, 1.165) is 6.54 Å². The first-order valence-corrected chi connectivity index (χ1v) is 5.15. The smallest absolute Gasteiger partial charge is 0.218 e. The summed E-state index contributed by atoms with van der Waals surface area (Å²) in [6.45, 7) is 5.63. The Bertz CT molecular complexity index is 327. The molecule has 0 atom stereocenters. The monoisotopic (exact) mass is 206 g/mol. The lowest BCUT2D eigenvalue weighted by atomic mass is 10.0. The first-order chi connectivity index (χ1) is 7.11. The van der Waals surface area contributed by atoms with Crippen LogP contribution in [-0.4, -0.2) is 12.5 Å². The van der Waals surface area contributed by atoms with Crippen molar-refractivity contribution < 1.29 is 4.79 Å². The summed E-state index contributed by atoms with van der Waals surface area (Å²) in [5.41, 5.74) is 8.92. The molecule has 0 bridgehead atoms. The van der Waals surface area contributed by atoms with Gasteiger partial charge in [-0.3, -0.25) is 4.79 Å². The minimum atomic E-state index is -0.260. The summed E-state index contributed by atoms with van der Waals surface area (Å²) >= 11 is 0. The SMILES string of the molecule is Cc1cccc(C)c1CNCCC(N)=O. The molecule has 0 spiro atoms. The molecule has 3 N–H and O–H groups in total. The number of benzene rings is 1. The van der Waals surface area contributed by atoms with Gasteiger partial charge in [0.1, 0.15) is 0 Å². The molecule has 0 fully saturated rings. The van der Waals surface area contributed by atoms with Gasteiger partial charge < -0.3 is 11.1 Å². The molecule has 82 valence electrons. The van der Waals surface area contributed by atoms with E-state index in [0.29, 0.717) is 13.0 Å². The predicted molar refractivity (Wildman–Crippen MR) is 61.4 cm³/mol. The van der Waals surface area contributed by atoms with Gasteiger partial charge in [0.25, 0.3) is 0 Å². The quantitative estimate of drug-likeness (QED) is 0.713. The van der Waals surface area contributed by atoms with E-state index in [2.05, 4.69) is 37.4 Å². The number of carbonyl (C=O) groups is 1. The van der Waals surface area contributed by atoms with E-state index in [1.807, 2.05) is 0 Å². The van der Waals surface area contributed by atoms with Gasteiger partial charge in [-0.2, -0.15) is 0 Å². The van der Waals surface area contributed by atoms with Crippen LogP contribution in [0.1, 0.15) is 23.1 Å². The molecule has 0 aliphatic carbocycles. The maximum atomic E-state index is 10.5. The molecule has 0 saturated heterocycles. The van der Waals surface area contributed by atoms with Gasteiger partial charge in [-0.1, -0.05) is 18.2 Å². The third-order valence-electron chi connectivity index (χ3n) is 2.49. The second kappa shape index (κ2) is 5.51. The zero-order valence-electron chi connectivity index (χ0n) is 9.34. The minimum Gasteiger partial charge on any atom is -0.370 e. The molecule has 0 aromatic heterocycles. The van der Waals surface area contributed by atoms with E-state index in [1.54, 1.807) is 0 Å². The lowest BCUT2D eigenvalue weighted by Gasteiger charge is -2.10. The van der Waals surface area contributed by atoms with Crippen LogP contribution in [0.3, 0.4) is 0 Å². The van der Waals surface area contributed by atoms with E-state index in [-0.39, 0.29) is 5.91 Å². The third-order valence-corrected chi connectivity index (χ3v) is 2.49. The fourth-order valence-corrected chi connectivity index (χ4v) is 1.55. The summed E-state index contributed by atoms with van der Waals surface area (Å²) in [7, 11) is 0. The van der Waals surface area contributed by atoms with E-state index < -0.39 is 0 Å². The number of hydrogen-bond acceptors (Lipinski definition) is 2. The lowest BCUT2D eigenvalue weighted by molar-refractivity contribution is -0.117. The molecule has 0 radical (unpaired) electrons. The molecular weight excluding hydrogens is 188 g/mol. The number of nitrogens with two attached hydrogens (primary N) is 1. The standard InChI is InChI=1S/C12H18N2O/c1-9-4-3-5-10(2)11(9)8-14-7-6-12(13)15/h3-5,14H,6-8H2,1-2H3,(H2,13,15). The van der Waals surface area contributed by atoms with Gasteiger partial charge in [-0.05, 0) is 30.5 Å². The van der Waals surface area contributed by atoms with Crippen LogP contribution >= 0.6 is 0 Å². The molecule has 1 amide bonds. The minimum absolute atomic E-state index is 0.260. The normalized spacial score (nSPS) is 10.3. The van der Waals surface area contributed by atoms with Crippen molar-refractivity contribution in [2.75, 3.05) is 6.54 Å². The average Bonchev–Trinajstić information content (AvgIpc) is 2.15. The van der Waals surface area contributed by atoms with Gasteiger partial charge in [0.05, 0.1) is 0 Å². The number of hydrogen-bond donors (Lipinski definition) is 2. The van der Waals surface area contributed by atoms with E-state index in [9.17, 15) is 4.79 Å². The van der Waals surface area contributed by atoms with E-state index >= 15 is 0 Å². The van der Waals surface area contributed by atoms with Crippen LogP contribution in [0.2, 0.25) is 0 Å². The number of amides is 1. The highest BCUT2D eigenvalue weighted by Crippen LogP contribution is 2.12. The van der Waals surface area contributed by atoms with Gasteiger partial charge in [0.2, 0.25) is 5.91 Å². The fraction of sp³-hybridized carbons (Fsp3) is 0.417. The van der Waals surface area contributed by atoms with Gasteiger partial charge in [-0.25, -0.2) is 0 Å². The van der Waals surface area contributed by atoms with E-state index in [4.69, 9.17) is 5.73 Å². The summed E-state index contributed by atoms with van der Waals surface area (Å²) in [5, 5.41) is 3.21. The fourth-order valence-electron chi connectivity index (χ4n) is 1.55. The molecule has 3 nitrogen and oxygen atoms in total. The number of nitrogens with one attached hydrogen (secondary N) is 1. The van der Waals surface area contributed by atoms with Crippen molar-refractivity contribution in [3.05, 3.63) is 34.9 Å². The van der Waals surface area contributed by atoms with Crippen LogP contribution in [0.5, 0.6) is 0 Å². The summed E-state index contributed by atoms with van der Waals surface area (Å²) in [4.78, 5) is 10.5. The molecule has 0 unspecified atom stereocenters. The summed E-state index contributed by atoms with van der Waals surface area (Å²) in [5.74, 6) is -0.260. The van der Waals surface area contributed by atoms with Crippen LogP contribution in [0.15, 0.2) is 18.2 Å². The second-order valence-electron chi connectivity index (χ2n) is 3.76. The second-order valence-corrected chi connectivity index (χ2v) is 3.76. The summed E-state index contributed by atoms with van der Waals surface area (Å²) in [6, 6.07) is 6.24. The molecule has 1 aromatic rings. The Morgan fingerprint density at radius 2 is 1.93 bits per heavy atom. The number of primary amides is 1. The molecule has 0 saturated carbocycles. The van der Waals surface area contributed by atoms with Gasteiger partial charge in [0.15, 0.2) is 0 Å². The van der Waals surface area contributed by atoms with Crippen molar-refractivity contribution in [1.29, 1.82) is 0 Å². The van der Waals surface area contributed by atoms with E-state index in [1.165, 1.54) is 16.7 Å². The number of rotatable bonds is 5. The maximum Gasteiger partial charge on any atom is 0.218 e. The zero-order valence-corrected chi connectivity index (χ0v) is 9.34. The van der Waals surface area contributed by atoms with Crippen molar-refractivity contribution >= 4 is 5.91 Å². The molecule has 3 heteroatoms.